The first kappa shape index (κ1) is 15.5. The summed E-state index contributed by atoms with van der Waals surface area (Å²) in [5.74, 6) is 0.529. The normalized spacial score (nSPS) is 12.3. The second-order valence-corrected chi connectivity index (χ2v) is 6.02. The Morgan fingerprint density at radius 1 is 1.56 bits per heavy atom. The van der Waals surface area contributed by atoms with E-state index in [1.807, 2.05) is 20.8 Å². The lowest BCUT2D eigenvalue weighted by Gasteiger charge is -2.13. The number of carbonyl (C=O) groups excluding carboxylic acids is 1. The first-order valence-electron chi connectivity index (χ1n) is 5.85. The molecule has 6 heteroatoms. The summed E-state index contributed by atoms with van der Waals surface area (Å²) >= 11 is 4.86. The van der Waals surface area contributed by atoms with Gasteiger partial charge >= 0.3 is 0 Å². The first-order valence-corrected chi connectivity index (χ1v) is 7.46. The summed E-state index contributed by atoms with van der Waals surface area (Å²) in [6, 6.07) is 0.259. The molecule has 2 N–H and O–H groups in total. The Bertz CT molecular complexity index is 420. The molecule has 0 aromatic carbocycles. The monoisotopic (exact) mass is 334 g/mol. The summed E-state index contributed by atoms with van der Waals surface area (Å²) in [6.07, 6.45) is 0. The Kier molecular flexibility index (Phi) is 6.11. The lowest BCUT2D eigenvalue weighted by Crippen LogP contribution is -2.38. The van der Waals surface area contributed by atoms with Gasteiger partial charge in [-0.05, 0) is 36.3 Å². The maximum atomic E-state index is 12.1. The van der Waals surface area contributed by atoms with Crippen molar-refractivity contribution in [1.29, 1.82) is 0 Å². The van der Waals surface area contributed by atoms with Crippen molar-refractivity contribution >= 4 is 33.2 Å². The SMILES string of the molecule is CCN[C@H](C)CNC(=O)c1sc(C)c(Br)c1OC. The lowest BCUT2D eigenvalue weighted by atomic mass is 10.3. The summed E-state index contributed by atoms with van der Waals surface area (Å²) < 4.78 is 6.12. The van der Waals surface area contributed by atoms with E-state index in [0.29, 0.717) is 17.2 Å². The van der Waals surface area contributed by atoms with Crippen LogP contribution in [0.5, 0.6) is 5.75 Å². The number of carbonyl (C=O) groups is 1. The molecule has 0 bridgehead atoms. The van der Waals surface area contributed by atoms with Crippen LogP contribution in [-0.4, -0.2) is 32.1 Å². The van der Waals surface area contributed by atoms with Gasteiger partial charge in [0.2, 0.25) is 0 Å². The number of nitrogens with one attached hydrogen (secondary N) is 2. The lowest BCUT2D eigenvalue weighted by molar-refractivity contribution is 0.0951. The van der Waals surface area contributed by atoms with E-state index in [9.17, 15) is 4.79 Å². The summed E-state index contributed by atoms with van der Waals surface area (Å²) in [4.78, 5) is 13.7. The number of aryl methyl sites for hydroxylation is 1. The Balaban J connectivity index is 2.70. The van der Waals surface area contributed by atoms with Gasteiger partial charge in [0, 0.05) is 17.5 Å². The van der Waals surface area contributed by atoms with E-state index in [2.05, 4.69) is 26.6 Å². The Labute approximate surface area is 120 Å². The van der Waals surface area contributed by atoms with Crippen LogP contribution in [0.25, 0.3) is 0 Å². The number of rotatable bonds is 6. The minimum atomic E-state index is -0.0876. The molecule has 1 atom stereocenters. The van der Waals surface area contributed by atoms with Gasteiger partial charge < -0.3 is 15.4 Å². The highest BCUT2D eigenvalue weighted by molar-refractivity contribution is 9.10. The minimum Gasteiger partial charge on any atom is -0.494 e. The zero-order valence-corrected chi connectivity index (χ0v) is 13.5. The van der Waals surface area contributed by atoms with Crippen LogP contribution in [0.1, 0.15) is 28.4 Å². The van der Waals surface area contributed by atoms with Crippen LogP contribution in [0.4, 0.5) is 0 Å². The smallest absolute Gasteiger partial charge is 0.265 e. The van der Waals surface area contributed by atoms with Gasteiger partial charge in [-0.15, -0.1) is 11.3 Å². The average molecular weight is 335 g/mol. The second kappa shape index (κ2) is 7.11. The fraction of sp³-hybridized carbons (Fsp3) is 0.583. The van der Waals surface area contributed by atoms with E-state index in [4.69, 9.17) is 4.74 Å². The summed E-state index contributed by atoms with van der Waals surface area (Å²) in [6.45, 7) is 7.53. The van der Waals surface area contributed by atoms with Gasteiger partial charge in [-0.3, -0.25) is 4.79 Å². The molecule has 4 nitrogen and oxygen atoms in total. The third-order valence-electron chi connectivity index (χ3n) is 2.50. The summed E-state index contributed by atoms with van der Waals surface area (Å²) in [7, 11) is 1.57. The molecule has 1 aromatic rings. The maximum absolute atomic E-state index is 12.1. The number of hydrogen-bond donors (Lipinski definition) is 2. The van der Waals surface area contributed by atoms with E-state index in [-0.39, 0.29) is 11.9 Å². The van der Waals surface area contributed by atoms with Crippen molar-refractivity contribution in [1.82, 2.24) is 10.6 Å². The molecule has 1 heterocycles. The number of ether oxygens (including phenoxy) is 1. The van der Waals surface area contributed by atoms with Crippen LogP contribution < -0.4 is 15.4 Å². The van der Waals surface area contributed by atoms with Crippen molar-refractivity contribution in [3.05, 3.63) is 14.2 Å². The standard InChI is InChI=1S/C12H19BrN2O2S/c1-5-14-7(2)6-15-12(16)11-10(17-4)9(13)8(3)18-11/h7,14H,5-6H2,1-4H3,(H,15,16)/t7-/m1/s1. The zero-order valence-electron chi connectivity index (χ0n) is 11.1. The average Bonchev–Trinajstić information content (AvgIpc) is 2.63. The maximum Gasteiger partial charge on any atom is 0.265 e. The molecule has 0 saturated carbocycles. The molecule has 0 radical (unpaired) electrons. The first-order chi connectivity index (χ1) is 8.51. The predicted molar refractivity (Wildman–Crippen MR) is 78.8 cm³/mol. The van der Waals surface area contributed by atoms with Crippen LogP contribution in [-0.2, 0) is 0 Å². The molecule has 1 aromatic heterocycles. The van der Waals surface area contributed by atoms with Gasteiger partial charge in [0.05, 0.1) is 11.6 Å². The van der Waals surface area contributed by atoms with E-state index in [0.717, 1.165) is 15.9 Å². The van der Waals surface area contributed by atoms with Gasteiger partial charge in [0.25, 0.3) is 5.91 Å². The fourth-order valence-corrected chi connectivity index (χ4v) is 3.25. The van der Waals surface area contributed by atoms with Crippen molar-refractivity contribution in [3.8, 4) is 5.75 Å². The van der Waals surface area contributed by atoms with Crippen molar-refractivity contribution < 1.29 is 9.53 Å². The van der Waals surface area contributed by atoms with Crippen molar-refractivity contribution in [2.75, 3.05) is 20.2 Å². The molecule has 0 fully saturated rings. The quantitative estimate of drug-likeness (QED) is 0.840. The molecule has 1 rings (SSSR count). The highest BCUT2D eigenvalue weighted by atomic mass is 79.9. The molecule has 1 amide bonds. The third kappa shape index (κ3) is 3.70. The molecular weight excluding hydrogens is 316 g/mol. The van der Waals surface area contributed by atoms with Crippen molar-refractivity contribution in [2.45, 2.75) is 26.8 Å². The van der Waals surface area contributed by atoms with E-state index < -0.39 is 0 Å². The van der Waals surface area contributed by atoms with Gasteiger partial charge in [0.15, 0.2) is 5.75 Å². The number of thiophene rings is 1. The highest BCUT2D eigenvalue weighted by Gasteiger charge is 2.20. The fourth-order valence-electron chi connectivity index (χ4n) is 1.58. The number of likely N-dealkylation sites (N-methyl/N-ethyl adjacent to an activating group) is 1. The van der Waals surface area contributed by atoms with Crippen LogP contribution in [0, 0.1) is 6.92 Å². The molecule has 0 spiro atoms. The molecule has 0 unspecified atom stereocenters. The number of halogens is 1. The number of amides is 1. The largest absolute Gasteiger partial charge is 0.494 e. The van der Waals surface area contributed by atoms with Crippen LogP contribution >= 0.6 is 27.3 Å². The second-order valence-electron chi connectivity index (χ2n) is 4.00. The summed E-state index contributed by atoms with van der Waals surface area (Å²) in [5.41, 5.74) is 0. The zero-order chi connectivity index (χ0) is 13.7. The van der Waals surface area contributed by atoms with Gasteiger partial charge in [-0.25, -0.2) is 0 Å². The molecule has 0 aliphatic rings. The molecule has 102 valence electrons. The Hall–Kier alpha value is -0.590. The topological polar surface area (TPSA) is 50.4 Å². The predicted octanol–water partition coefficient (Wildman–Crippen LogP) is 2.56. The van der Waals surface area contributed by atoms with E-state index in [1.54, 1.807) is 7.11 Å². The van der Waals surface area contributed by atoms with Crippen molar-refractivity contribution in [3.63, 3.8) is 0 Å². The molecular formula is C12H19BrN2O2S. The molecule has 18 heavy (non-hydrogen) atoms. The summed E-state index contributed by atoms with van der Waals surface area (Å²) in [5, 5.41) is 6.15. The Morgan fingerprint density at radius 2 is 2.22 bits per heavy atom. The van der Waals surface area contributed by atoms with E-state index >= 15 is 0 Å². The Morgan fingerprint density at radius 3 is 2.78 bits per heavy atom. The van der Waals surface area contributed by atoms with E-state index in [1.165, 1.54) is 11.3 Å². The van der Waals surface area contributed by atoms with Gasteiger partial charge in [-0.1, -0.05) is 6.92 Å². The van der Waals surface area contributed by atoms with Crippen LogP contribution in [0.3, 0.4) is 0 Å². The molecule has 0 aliphatic carbocycles. The number of hydrogen-bond acceptors (Lipinski definition) is 4. The highest BCUT2D eigenvalue weighted by Crippen LogP contribution is 2.38. The molecule has 0 aliphatic heterocycles. The van der Waals surface area contributed by atoms with Crippen molar-refractivity contribution in [2.24, 2.45) is 0 Å². The van der Waals surface area contributed by atoms with Crippen LogP contribution in [0.15, 0.2) is 4.47 Å². The van der Waals surface area contributed by atoms with Gasteiger partial charge in [-0.2, -0.15) is 0 Å². The third-order valence-corrected chi connectivity index (χ3v) is 4.80. The van der Waals surface area contributed by atoms with Gasteiger partial charge in [0.1, 0.15) is 4.88 Å². The van der Waals surface area contributed by atoms with Crippen LogP contribution in [0.2, 0.25) is 0 Å². The molecule has 0 saturated heterocycles. The minimum absolute atomic E-state index is 0.0876. The number of methoxy groups -OCH3 is 1.